The molecular formula is C24H18O4S2. The van der Waals surface area contributed by atoms with E-state index in [0.29, 0.717) is 11.1 Å². The maximum atomic E-state index is 12.6. The van der Waals surface area contributed by atoms with E-state index in [9.17, 15) is 9.59 Å². The number of methoxy groups -OCH3 is 2. The van der Waals surface area contributed by atoms with E-state index in [2.05, 4.69) is 12.1 Å². The van der Waals surface area contributed by atoms with E-state index in [1.54, 1.807) is 21.6 Å². The van der Waals surface area contributed by atoms with Crippen molar-refractivity contribution in [3.05, 3.63) is 70.8 Å². The molecule has 0 amide bonds. The van der Waals surface area contributed by atoms with Gasteiger partial charge in [0.25, 0.3) is 0 Å². The van der Waals surface area contributed by atoms with Crippen LogP contribution in [0.3, 0.4) is 0 Å². The fourth-order valence-corrected chi connectivity index (χ4v) is 6.48. The molecule has 0 N–H and O–H groups in total. The van der Waals surface area contributed by atoms with Crippen LogP contribution in [0.1, 0.15) is 31.8 Å². The molecular weight excluding hydrogens is 416 g/mol. The lowest BCUT2D eigenvalue weighted by atomic mass is 9.87. The Hall–Kier alpha value is -2.70. The highest BCUT2D eigenvalue weighted by Gasteiger charge is 2.22. The molecule has 0 unspecified atom stereocenters. The molecule has 4 aromatic rings. The lowest BCUT2D eigenvalue weighted by molar-refractivity contribution is 0.0595. The highest BCUT2D eigenvalue weighted by Crippen LogP contribution is 2.44. The van der Waals surface area contributed by atoms with Crippen LogP contribution >= 0.6 is 21.6 Å². The van der Waals surface area contributed by atoms with Gasteiger partial charge in [-0.1, -0.05) is 58.0 Å². The van der Waals surface area contributed by atoms with Crippen molar-refractivity contribution in [1.82, 2.24) is 0 Å². The lowest BCUT2D eigenvalue weighted by Crippen LogP contribution is -2.06. The summed E-state index contributed by atoms with van der Waals surface area (Å²) < 4.78 is 10.2. The van der Waals surface area contributed by atoms with Crippen molar-refractivity contribution < 1.29 is 19.1 Å². The topological polar surface area (TPSA) is 52.6 Å². The van der Waals surface area contributed by atoms with Crippen LogP contribution < -0.4 is 0 Å². The maximum Gasteiger partial charge on any atom is 0.338 e. The van der Waals surface area contributed by atoms with Gasteiger partial charge in [0, 0.05) is 11.5 Å². The second-order valence-corrected chi connectivity index (χ2v) is 9.60. The number of rotatable bonds is 2. The highest BCUT2D eigenvalue weighted by atomic mass is 33.1. The predicted octanol–water partition coefficient (Wildman–Crippen LogP) is 6.11. The van der Waals surface area contributed by atoms with E-state index in [1.807, 2.05) is 36.4 Å². The first kappa shape index (κ1) is 19.3. The highest BCUT2D eigenvalue weighted by molar-refractivity contribution is 8.76. The summed E-state index contributed by atoms with van der Waals surface area (Å²) in [5.41, 5.74) is 3.35. The van der Waals surface area contributed by atoms with Crippen molar-refractivity contribution in [2.24, 2.45) is 0 Å². The second-order valence-electron chi connectivity index (χ2n) is 7.13. The number of hydrogen-bond donors (Lipinski definition) is 0. The smallest absolute Gasteiger partial charge is 0.338 e. The number of esters is 2. The summed E-state index contributed by atoms with van der Waals surface area (Å²) in [7, 11) is 6.38. The minimum absolute atomic E-state index is 0.385. The quantitative estimate of drug-likeness (QED) is 0.215. The first-order valence-electron chi connectivity index (χ1n) is 9.48. The number of carbonyl (C=O) groups is 2. The second kappa shape index (κ2) is 7.52. The van der Waals surface area contributed by atoms with Gasteiger partial charge in [-0.2, -0.15) is 0 Å². The van der Waals surface area contributed by atoms with E-state index < -0.39 is 0 Å². The maximum absolute atomic E-state index is 12.6. The van der Waals surface area contributed by atoms with Gasteiger partial charge in [0.2, 0.25) is 0 Å². The Kier molecular flexibility index (Phi) is 4.83. The molecule has 1 aliphatic heterocycles. The Morgan fingerprint density at radius 1 is 0.733 bits per heavy atom. The summed E-state index contributed by atoms with van der Waals surface area (Å²) in [6, 6.07) is 15.8. The molecule has 150 valence electrons. The molecule has 1 aliphatic rings. The Morgan fingerprint density at radius 3 is 1.63 bits per heavy atom. The zero-order valence-electron chi connectivity index (χ0n) is 16.5. The first-order chi connectivity index (χ1) is 14.6. The van der Waals surface area contributed by atoms with Gasteiger partial charge in [-0.3, -0.25) is 0 Å². The van der Waals surface area contributed by atoms with Crippen molar-refractivity contribution in [2.75, 3.05) is 14.2 Å². The van der Waals surface area contributed by atoms with Crippen LogP contribution in [0.4, 0.5) is 0 Å². The largest absolute Gasteiger partial charge is 0.465 e. The van der Waals surface area contributed by atoms with E-state index >= 15 is 0 Å². The van der Waals surface area contributed by atoms with E-state index in [1.165, 1.54) is 25.3 Å². The summed E-state index contributed by atoms with van der Waals surface area (Å²) in [4.78, 5) is 25.3. The molecule has 30 heavy (non-hydrogen) atoms. The van der Waals surface area contributed by atoms with Gasteiger partial charge in [0.05, 0.1) is 25.3 Å². The van der Waals surface area contributed by atoms with Gasteiger partial charge < -0.3 is 9.47 Å². The summed E-state index contributed by atoms with van der Waals surface area (Å²) in [5, 5.41) is 5.78. The van der Waals surface area contributed by atoms with Crippen LogP contribution in [-0.2, 0) is 21.0 Å². The zero-order valence-corrected chi connectivity index (χ0v) is 18.1. The molecule has 0 spiro atoms. The number of carbonyl (C=O) groups excluding carboxylic acids is 2. The van der Waals surface area contributed by atoms with Gasteiger partial charge in [0.15, 0.2) is 0 Å². The molecule has 0 fully saturated rings. The summed E-state index contributed by atoms with van der Waals surface area (Å²) in [5.74, 6) is 0.888. The van der Waals surface area contributed by atoms with Crippen LogP contribution in [0.25, 0.3) is 32.3 Å². The van der Waals surface area contributed by atoms with Crippen molar-refractivity contribution in [2.45, 2.75) is 11.5 Å². The minimum Gasteiger partial charge on any atom is -0.465 e. The monoisotopic (exact) mass is 434 g/mol. The first-order valence-corrected chi connectivity index (χ1v) is 12.0. The molecule has 0 saturated carbocycles. The van der Waals surface area contributed by atoms with Gasteiger partial charge in [0.1, 0.15) is 0 Å². The standard InChI is InChI=1S/C24H18O4S2/c1-27-23(25)18-9-15-10-19(24(26)28-2)17-8-4-6-14-12-30-29-11-13-5-3-7-16(18)20(13)22(15)21(14)17/h3-10H,11-12H2,1-2H3. The molecule has 0 saturated heterocycles. The normalized spacial score (nSPS) is 13.4. The van der Waals surface area contributed by atoms with Crippen LogP contribution in [0.2, 0.25) is 0 Å². The summed E-state index contributed by atoms with van der Waals surface area (Å²) >= 11 is 0. The summed E-state index contributed by atoms with van der Waals surface area (Å²) in [6.45, 7) is 0. The molecule has 6 heteroatoms. The molecule has 0 atom stereocenters. The zero-order chi connectivity index (χ0) is 20.8. The molecule has 4 nitrogen and oxygen atoms in total. The summed E-state index contributed by atoms with van der Waals surface area (Å²) in [6.07, 6.45) is 0. The molecule has 1 heterocycles. The Bertz CT molecular complexity index is 1260. The number of hydrogen-bond acceptors (Lipinski definition) is 6. The average Bonchev–Trinajstić information content (AvgIpc) is 2.87. The molecule has 0 bridgehead atoms. The molecule has 4 aromatic carbocycles. The minimum atomic E-state index is -0.385. The fourth-order valence-electron chi connectivity index (χ4n) is 4.31. The average molecular weight is 435 g/mol. The Morgan fingerprint density at radius 2 is 1.20 bits per heavy atom. The fraction of sp³-hybridized carbons (Fsp3) is 0.167. The SMILES string of the molecule is COC(=O)c1cc2cc(C(=O)OC)c3cccc4c3c2c2c(cccc12)CSSC4. The van der Waals surface area contributed by atoms with Crippen LogP contribution in [0, 0.1) is 0 Å². The van der Waals surface area contributed by atoms with Crippen molar-refractivity contribution >= 4 is 65.8 Å². The molecule has 0 radical (unpaired) electrons. The molecule has 5 rings (SSSR count). The molecule has 0 aromatic heterocycles. The van der Waals surface area contributed by atoms with E-state index in [-0.39, 0.29) is 11.9 Å². The van der Waals surface area contributed by atoms with Gasteiger partial charge in [-0.05, 0) is 55.6 Å². The van der Waals surface area contributed by atoms with Gasteiger partial charge in [-0.15, -0.1) is 0 Å². The Labute approximate surface area is 181 Å². The third-order valence-electron chi connectivity index (χ3n) is 5.59. The van der Waals surface area contributed by atoms with Gasteiger partial charge in [-0.25, -0.2) is 9.59 Å². The third-order valence-corrected chi connectivity index (χ3v) is 7.82. The predicted molar refractivity (Wildman–Crippen MR) is 124 cm³/mol. The number of benzene rings is 4. The van der Waals surface area contributed by atoms with E-state index in [4.69, 9.17) is 9.47 Å². The van der Waals surface area contributed by atoms with E-state index in [0.717, 1.165) is 43.8 Å². The number of ether oxygens (including phenoxy) is 2. The van der Waals surface area contributed by atoms with Crippen LogP contribution in [0.5, 0.6) is 0 Å². The van der Waals surface area contributed by atoms with Crippen molar-refractivity contribution in [1.29, 1.82) is 0 Å². The van der Waals surface area contributed by atoms with Crippen molar-refractivity contribution in [3.8, 4) is 0 Å². The Balaban J connectivity index is 2.10. The third kappa shape index (κ3) is 2.86. The van der Waals surface area contributed by atoms with Crippen molar-refractivity contribution in [3.63, 3.8) is 0 Å². The molecule has 0 aliphatic carbocycles. The van der Waals surface area contributed by atoms with Gasteiger partial charge >= 0.3 is 11.9 Å². The van der Waals surface area contributed by atoms with Crippen LogP contribution in [-0.4, -0.2) is 26.2 Å². The lowest BCUT2D eigenvalue weighted by Gasteiger charge is -2.17. The van der Waals surface area contributed by atoms with Crippen LogP contribution in [0.15, 0.2) is 48.5 Å².